The van der Waals surface area contributed by atoms with E-state index in [0.29, 0.717) is 22.5 Å². The number of hydrogen-bond donors (Lipinski definition) is 0. The van der Waals surface area contributed by atoms with Crippen LogP contribution in [0.3, 0.4) is 0 Å². The number of sulfone groups is 1. The van der Waals surface area contributed by atoms with Crippen LogP contribution in [0.2, 0.25) is 5.04 Å². The van der Waals surface area contributed by atoms with E-state index in [2.05, 4.69) is 30.7 Å². The second kappa shape index (κ2) is 16.8. The van der Waals surface area contributed by atoms with Crippen molar-refractivity contribution in [1.29, 1.82) is 0 Å². The van der Waals surface area contributed by atoms with Gasteiger partial charge in [0.05, 0.1) is 30.5 Å². The van der Waals surface area contributed by atoms with Gasteiger partial charge < -0.3 is 9.16 Å². The number of carbonyl (C=O) groups is 2. The van der Waals surface area contributed by atoms with E-state index in [1.807, 2.05) is 74.5 Å². The summed E-state index contributed by atoms with van der Waals surface area (Å²) >= 11 is 0. The summed E-state index contributed by atoms with van der Waals surface area (Å²) in [5.41, 5.74) is 1.97. The summed E-state index contributed by atoms with van der Waals surface area (Å²) in [6, 6.07) is 25.7. The first-order valence-electron chi connectivity index (χ1n) is 17.0. The monoisotopic (exact) mass is 730 g/mol. The average Bonchev–Trinajstić information content (AvgIpc) is 3.06. The molecule has 0 N–H and O–H groups in total. The number of esters is 1. The van der Waals surface area contributed by atoms with Gasteiger partial charge in [0.2, 0.25) is 0 Å². The van der Waals surface area contributed by atoms with Gasteiger partial charge in [0, 0.05) is 23.8 Å². The quantitative estimate of drug-likeness (QED) is 0.0745. The van der Waals surface area contributed by atoms with Crippen molar-refractivity contribution in [3.63, 3.8) is 0 Å². The Morgan fingerprint density at radius 3 is 1.94 bits per heavy atom. The summed E-state index contributed by atoms with van der Waals surface area (Å²) in [5.74, 6) is -1.64. The molecular weight excluding hydrogens is 684 g/mol. The first-order chi connectivity index (χ1) is 24.0. The van der Waals surface area contributed by atoms with Gasteiger partial charge >= 0.3 is 5.97 Å². The van der Waals surface area contributed by atoms with Crippen molar-refractivity contribution in [3.05, 3.63) is 114 Å². The SMILES string of the molecule is CCOC(=O)C[C@@H](CC(=O)/C=C/c1c(-c2ccc(F)cc2)nc(CS(C)(=O)=O)nc1C(C)C)O[Si](c1ccccc1)(c1ccccc1)C(C)(C)C. The Balaban J connectivity index is 1.80. The van der Waals surface area contributed by atoms with Crippen LogP contribution in [0.5, 0.6) is 0 Å². The molecule has 0 saturated heterocycles. The molecule has 0 saturated carbocycles. The largest absolute Gasteiger partial charge is 0.466 e. The van der Waals surface area contributed by atoms with Crippen LogP contribution in [0.25, 0.3) is 17.3 Å². The van der Waals surface area contributed by atoms with Gasteiger partial charge in [0.25, 0.3) is 8.32 Å². The zero-order valence-corrected chi connectivity index (χ0v) is 32.2. The first-order valence-corrected chi connectivity index (χ1v) is 21.0. The lowest BCUT2D eigenvalue weighted by Gasteiger charge is -2.45. The van der Waals surface area contributed by atoms with E-state index in [-0.39, 0.29) is 42.7 Å². The molecule has 0 aliphatic rings. The molecule has 0 aliphatic heterocycles. The second-order valence-corrected chi connectivity index (χ2v) is 20.3. The van der Waals surface area contributed by atoms with Crippen LogP contribution in [0.15, 0.2) is 91.0 Å². The van der Waals surface area contributed by atoms with Crippen LogP contribution in [0.4, 0.5) is 4.39 Å². The number of carbonyl (C=O) groups excluding carboxylic acids is 2. The predicted octanol–water partition coefficient (Wildman–Crippen LogP) is 6.82. The van der Waals surface area contributed by atoms with Gasteiger partial charge in [-0.05, 0) is 64.7 Å². The minimum absolute atomic E-state index is 0.109. The predicted molar refractivity (Wildman–Crippen MR) is 202 cm³/mol. The molecule has 0 amide bonds. The van der Waals surface area contributed by atoms with Crippen LogP contribution in [0.1, 0.15) is 77.4 Å². The lowest BCUT2D eigenvalue weighted by molar-refractivity contribution is -0.145. The Bertz CT molecular complexity index is 1910. The van der Waals surface area contributed by atoms with E-state index in [9.17, 15) is 22.4 Å². The zero-order valence-electron chi connectivity index (χ0n) is 30.4. The summed E-state index contributed by atoms with van der Waals surface area (Å²) in [5, 5.41) is 1.62. The maximum atomic E-state index is 13.9. The number of rotatable bonds is 15. The van der Waals surface area contributed by atoms with Crippen molar-refractivity contribution in [2.45, 2.75) is 77.2 Å². The Labute approximate surface area is 302 Å². The smallest absolute Gasteiger partial charge is 0.308 e. The van der Waals surface area contributed by atoms with Crippen LogP contribution in [-0.2, 0) is 34.3 Å². The fourth-order valence-electron chi connectivity index (χ4n) is 6.24. The fourth-order valence-corrected chi connectivity index (χ4v) is 11.5. The topological polar surface area (TPSA) is 113 Å². The molecule has 3 aromatic carbocycles. The van der Waals surface area contributed by atoms with Gasteiger partial charge in [-0.1, -0.05) is 95.3 Å². The molecule has 1 aromatic heterocycles. The number of aromatic nitrogens is 2. The number of allylic oxidation sites excluding steroid dienone is 1. The highest BCUT2D eigenvalue weighted by Crippen LogP contribution is 2.38. The molecule has 1 atom stereocenters. The summed E-state index contributed by atoms with van der Waals surface area (Å²) in [6.45, 7) is 12.1. The van der Waals surface area contributed by atoms with Crippen molar-refractivity contribution in [1.82, 2.24) is 9.97 Å². The highest BCUT2D eigenvalue weighted by Gasteiger charge is 2.51. The average molecular weight is 731 g/mol. The van der Waals surface area contributed by atoms with Crippen molar-refractivity contribution < 1.29 is 31.6 Å². The van der Waals surface area contributed by atoms with Crippen LogP contribution in [0, 0.1) is 5.82 Å². The Hall–Kier alpha value is -4.32. The number of hydrogen-bond acceptors (Lipinski definition) is 8. The van der Waals surface area contributed by atoms with Gasteiger partial charge in [-0.15, -0.1) is 0 Å². The van der Waals surface area contributed by atoms with E-state index in [0.717, 1.165) is 16.6 Å². The molecular formula is C40H47FN2O6SSi. The number of ketones is 1. The normalized spacial score (nSPS) is 13.0. The standard InChI is InChI=1S/C40H47FN2O6SSi/c1-8-48-37(45)26-32(49-51(40(4,5)6,33-15-11-9-12-16-33)34-17-13-10-14-18-34)25-31(44)23-24-35-38(28(2)3)42-36(27-50(7,46)47)43-39(35)29-19-21-30(41)22-20-29/h9-24,28,32H,8,25-27H2,1-7H3/b24-23+/t32-/m1/s1. The molecule has 8 nitrogen and oxygen atoms in total. The minimum Gasteiger partial charge on any atom is -0.466 e. The summed E-state index contributed by atoms with van der Waals surface area (Å²) in [7, 11) is -6.61. The van der Waals surface area contributed by atoms with E-state index >= 15 is 0 Å². The summed E-state index contributed by atoms with van der Waals surface area (Å²) in [4.78, 5) is 36.1. The van der Waals surface area contributed by atoms with Gasteiger partial charge in [0.1, 0.15) is 17.4 Å². The maximum Gasteiger partial charge on any atom is 0.308 e. The van der Waals surface area contributed by atoms with Crippen LogP contribution < -0.4 is 10.4 Å². The molecule has 270 valence electrons. The lowest BCUT2D eigenvalue weighted by Crippen LogP contribution is -2.67. The highest BCUT2D eigenvalue weighted by atomic mass is 32.2. The summed E-state index contributed by atoms with van der Waals surface area (Å²) < 4.78 is 50.9. The van der Waals surface area contributed by atoms with Crippen molar-refractivity contribution in [2.75, 3.05) is 12.9 Å². The zero-order chi connectivity index (χ0) is 37.4. The molecule has 4 aromatic rings. The van der Waals surface area contributed by atoms with Gasteiger partial charge in [0.15, 0.2) is 15.6 Å². The molecule has 0 fully saturated rings. The third kappa shape index (κ3) is 10.1. The molecule has 51 heavy (non-hydrogen) atoms. The fraction of sp³-hybridized carbons (Fsp3) is 0.350. The molecule has 4 rings (SSSR count). The van der Waals surface area contributed by atoms with Crippen LogP contribution >= 0.6 is 0 Å². The number of benzene rings is 3. The van der Waals surface area contributed by atoms with E-state index < -0.39 is 41.1 Å². The molecule has 0 unspecified atom stereocenters. The Morgan fingerprint density at radius 2 is 1.45 bits per heavy atom. The van der Waals surface area contributed by atoms with Crippen molar-refractivity contribution >= 4 is 46.4 Å². The Morgan fingerprint density at radius 1 is 0.882 bits per heavy atom. The third-order valence-corrected chi connectivity index (χ3v) is 14.3. The van der Waals surface area contributed by atoms with Gasteiger partial charge in [-0.2, -0.15) is 0 Å². The molecule has 0 spiro atoms. The Kier molecular flexibility index (Phi) is 13.0. The molecule has 0 aliphatic carbocycles. The molecule has 0 bridgehead atoms. The lowest BCUT2D eigenvalue weighted by atomic mass is 9.97. The van der Waals surface area contributed by atoms with Crippen molar-refractivity contribution in [3.8, 4) is 11.3 Å². The molecule has 11 heteroatoms. The number of ether oxygens (including phenoxy) is 1. The van der Waals surface area contributed by atoms with Crippen molar-refractivity contribution in [2.24, 2.45) is 0 Å². The van der Waals surface area contributed by atoms with E-state index in [4.69, 9.17) is 9.16 Å². The maximum absolute atomic E-state index is 13.9. The highest BCUT2D eigenvalue weighted by molar-refractivity contribution is 7.89. The summed E-state index contributed by atoms with van der Waals surface area (Å²) in [6.07, 6.45) is 3.08. The number of halogens is 1. The van der Waals surface area contributed by atoms with E-state index in [1.54, 1.807) is 25.1 Å². The third-order valence-electron chi connectivity index (χ3n) is 8.40. The second-order valence-electron chi connectivity index (χ2n) is 13.9. The molecule has 0 radical (unpaired) electrons. The van der Waals surface area contributed by atoms with E-state index in [1.165, 1.54) is 18.2 Å². The van der Waals surface area contributed by atoms with Gasteiger partial charge in [-0.25, -0.2) is 22.8 Å². The molecule has 1 heterocycles. The van der Waals surface area contributed by atoms with Gasteiger partial charge in [-0.3, -0.25) is 9.59 Å². The first kappa shape index (κ1) is 39.5. The number of nitrogens with zero attached hydrogens (tertiary/aromatic N) is 2. The van der Waals surface area contributed by atoms with Crippen LogP contribution in [-0.4, -0.2) is 57.4 Å². The minimum atomic E-state index is -3.46.